The number of anilines is 1. The van der Waals surface area contributed by atoms with Crippen LogP contribution in [0.1, 0.15) is 22.4 Å². The van der Waals surface area contributed by atoms with Gasteiger partial charge in [0.2, 0.25) is 0 Å². The summed E-state index contributed by atoms with van der Waals surface area (Å²) in [7, 11) is 0. The van der Waals surface area contributed by atoms with Gasteiger partial charge in [0.1, 0.15) is 17.5 Å². The van der Waals surface area contributed by atoms with Gasteiger partial charge in [0.25, 0.3) is 0 Å². The first-order chi connectivity index (χ1) is 8.04. The maximum atomic E-state index is 8.99. The molecule has 0 saturated carbocycles. The van der Waals surface area contributed by atoms with Crippen LogP contribution in [0, 0.1) is 32.1 Å². The van der Waals surface area contributed by atoms with Crippen LogP contribution in [-0.4, -0.2) is 9.78 Å². The highest BCUT2D eigenvalue weighted by Crippen LogP contribution is 2.22. The summed E-state index contributed by atoms with van der Waals surface area (Å²) in [6, 6.07) is 8.12. The summed E-state index contributed by atoms with van der Waals surface area (Å²) in [6.45, 7) is 5.83. The van der Waals surface area contributed by atoms with Crippen molar-refractivity contribution in [1.82, 2.24) is 9.78 Å². The zero-order chi connectivity index (χ0) is 12.6. The van der Waals surface area contributed by atoms with Crippen LogP contribution in [0.4, 0.5) is 5.82 Å². The molecule has 0 unspecified atom stereocenters. The van der Waals surface area contributed by atoms with Gasteiger partial charge in [-0.2, -0.15) is 10.4 Å². The van der Waals surface area contributed by atoms with Crippen LogP contribution in [0.5, 0.6) is 0 Å². The second-order valence-electron chi connectivity index (χ2n) is 4.16. The van der Waals surface area contributed by atoms with Gasteiger partial charge in [-0.05, 0) is 32.4 Å². The number of nitriles is 1. The Bertz CT molecular complexity index is 617. The lowest BCUT2D eigenvalue weighted by molar-refractivity contribution is 0.864. The molecule has 1 aromatic heterocycles. The molecule has 0 aliphatic rings. The zero-order valence-electron chi connectivity index (χ0n) is 10.2. The van der Waals surface area contributed by atoms with Crippen molar-refractivity contribution in [3.05, 3.63) is 40.6 Å². The summed E-state index contributed by atoms with van der Waals surface area (Å²) in [4.78, 5) is 0. The maximum Gasteiger partial charge on any atom is 0.145 e. The number of aryl methyl sites for hydroxylation is 3. The van der Waals surface area contributed by atoms with E-state index in [1.165, 1.54) is 5.56 Å². The molecule has 0 atom stereocenters. The molecule has 2 aromatic rings. The summed E-state index contributed by atoms with van der Waals surface area (Å²) in [6.07, 6.45) is 0. The number of nitrogens with zero attached hydrogens (tertiary/aromatic N) is 3. The van der Waals surface area contributed by atoms with Crippen LogP contribution in [0.3, 0.4) is 0 Å². The molecule has 0 fully saturated rings. The third-order valence-corrected chi connectivity index (χ3v) is 2.79. The second-order valence-corrected chi connectivity index (χ2v) is 4.16. The van der Waals surface area contributed by atoms with Gasteiger partial charge in [-0.3, -0.25) is 0 Å². The minimum Gasteiger partial charge on any atom is -0.382 e. The van der Waals surface area contributed by atoms with E-state index in [2.05, 4.69) is 17.2 Å². The number of hydrogen-bond donors (Lipinski definition) is 1. The molecule has 0 bridgehead atoms. The highest BCUT2D eigenvalue weighted by Gasteiger charge is 2.14. The molecule has 0 spiro atoms. The molecule has 1 heterocycles. The van der Waals surface area contributed by atoms with Crippen LogP contribution in [0.15, 0.2) is 18.2 Å². The van der Waals surface area contributed by atoms with Crippen molar-refractivity contribution < 1.29 is 0 Å². The average molecular weight is 226 g/mol. The molecule has 86 valence electrons. The minimum atomic E-state index is 0.400. The van der Waals surface area contributed by atoms with Crippen molar-refractivity contribution in [3.8, 4) is 11.8 Å². The van der Waals surface area contributed by atoms with Crippen LogP contribution < -0.4 is 5.73 Å². The first kappa shape index (κ1) is 11.2. The lowest BCUT2D eigenvalue weighted by atomic mass is 10.1. The maximum absolute atomic E-state index is 8.99. The number of nitrogens with two attached hydrogens (primary N) is 1. The number of hydrogen-bond acceptors (Lipinski definition) is 3. The van der Waals surface area contributed by atoms with Crippen molar-refractivity contribution in [2.75, 3.05) is 5.73 Å². The van der Waals surface area contributed by atoms with Crippen LogP contribution in [-0.2, 0) is 0 Å². The van der Waals surface area contributed by atoms with Gasteiger partial charge >= 0.3 is 0 Å². The number of rotatable bonds is 1. The summed E-state index contributed by atoms with van der Waals surface area (Å²) in [5.74, 6) is 0.400. The van der Waals surface area contributed by atoms with Gasteiger partial charge < -0.3 is 5.73 Å². The quantitative estimate of drug-likeness (QED) is 0.810. The van der Waals surface area contributed by atoms with Gasteiger partial charge in [0.15, 0.2) is 0 Å². The second kappa shape index (κ2) is 3.95. The Labute approximate surface area is 100 Å². The fraction of sp³-hybridized carbons (Fsp3) is 0.231. The first-order valence-electron chi connectivity index (χ1n) is 5.37. The number of aromatic nitrogens is 2. The lowest BCUT2D eigenvalue weighted by Crippen LogP contribution is -2.04. The van der Waals surface area contributed by atoms with E-state index < -0.39 is 0 Å². The van der Waals surface area contributed by atoms with E-state index in [0.717, 1.165) is 11.3 Å². The zero-order valence-corrected chi connectivity index (χ0v) is 10.2. The molecule has 0 radical (unpaired) electrons. The first-order valence-corrected chi connectivity index (χ1v) is 5.37. The Kier molecular flexibility index (Phi) is 2.60. The van der Waals surface area contributed by atoms with Gasteiger partial charge in [-0.25, -0.2) is 4.68 Å². The van der Waals surface area contributed by atoms with Crippen molar-refractivity contribution >= 4 is 5.82 Å². The molecule has 4 heteroatoms. The van der Waals surface area contributed by atoms with Crippen molar-refractivity contribution in [2.24, 2.45) is 0 Å². The van der Waals surface area contributed by atoms with E-state index in [0.29, 0.717) is 17.1 Å². The number of nitrogen functional groups attached to an aromatic ring is 1. The Hall–Kier alpha value is -2.28. The number of benzene rings is 1. The van der Waals surface area contributed by atoms with Gasteiger partial charge in [0.05, 0.1) is 11.4 Å². The molecule has 0 aliphatic heterocycles. The van der Waals surface area contributed by atoms with Crippen molar-refractivity contribution in [2.45, 2.75) is 20.8 Å². The highest BCUT2D eigenvalue weighted by molar-refractivity contribution is 5.57. The Balaban J connectivity index is 2.66. The summed E-state index contributed by atoms with van der Waals surface area (Å²) in [5.41, 5.74) is 10.2. The van der Waals surface area contributed by atoms with E-state index >= 15 is 0 Å². The normalized spacial score (nSPS) is 10.2. The fourth-order valence-corrected chi connectivity index (χ4v) is 1.91. The predicted molar refractivity (Wildman–Crippen MR) is 66.9 cm³/mol. The molecule has 2 N–H and O–H groups in total. The summed E-state index contributed by atoms with van der Waals surface area (Å²) >= 11 is 0. The average Bonchev–Trinajstić information content (AvgIpc) is 2.54. The van der Waals surface area contributed by atoms with Gasteiger partial charge in [-0.15, -0.1) is 0 Å². The van der Waals surface area contributed by atoms with Crippen LogP contribution in [0.25, 0.3) is 5.69 Å². The standard InChI is InChI=1S/C13H14N4/c1-8-4-5-12(9(2)6-8)17-13(15)11(7-14)10(3)16-17/h4-6H,15H2,1-3H3. The van der Waals surface area contributed by atoms with E-state index in [1.54, 1.807) is 11.6 Å². The monoisotopic (exact) mass is 226 g/mol. The van der Waals surface area contributed by atoms with E-state index in [-0.39, 0.29) is 0 Å². The molecule has 1 aromatic carbocycles. The van der Waals surface area contributed by atoms with Gasteiger partial charge in [-0.1, -0.05) is 17.7 Å². The molecule has 0 amide bonds. The van der Waals surface area contributed by atoms with Crippen molar-refractivity contribution in [1.29, 1.82) is 5.26 Å². The SMILES string of the molecule is Cc1ccc(-n2nc(C)c(C#N)c2N)c(C)c1. The van der Waals surface area contributed by atoms with Gasteiger partial charge in [0, 0.05) is 0 Å². The van der Waals surface area contributed by atoms with Crippen LogP contribution >= 0.6 is 0 Å². The minimum absolute atomic E-state index is 0.400. The molecule has 2 rings (SSSR count). The highest BCUT2D eigenvalue weighted by atomic mass is 15.3. The topological polar surface area (TPSA) is 67.6 Å². The predicted octanol–water partition coefficient (Wildman–Crippen LogP) is 2.25. The molecule has 0 saturated heterocycles. The fourth-order valence-electron chi connectivity index (χ4n) is 1.91. The van der Waals surface area contributed by atoms with E-state index in [1.807, 2.05) is 26.0 Å². The third kappa shape index (κ3) is 1.76. The molecule has 4 nitrogen and oxygen atoms in total. The van der Waals surface area contributed by atoms with E-state index in [4.69, 9.17) is 11.0 Å². The summed E-state index contributed by atoms with van der Waals surface area (Å²) < 4.78 is 1.63. The Morgan fingerprint density at radius 1 is 1.29 bits per heavy atom. The Morgan fingerprint density at radius 3 is 2.53 bits per heavy atom. The smallest absolute Gasteiger partial charge is 0.145 e. The summed E-state index contributed by atoms with van der Waals surface area (Å²) in [5, 5.41) is 13.3. The lowest BCUT2D eigenvalue weighted by Gasteiger charge is -2.08. The van der Waals surface area contributed by atoms with E-state index in [9.17, 15) is 0 Å². The van der Waals surface area contributed by atoms with Crippen molar-refractivity contribution in [3.63, 3.8) is 0 Å². The Morgan fingerprint density at radius 2 is 2.00 bits per heavy atom. The molecular formula is C13H14N4. The third-order valence-electron chi connectivity index (χ3n) is 2.79. The van der Waals surface area contributed by atoms with Crippen LogP contribution in [0.2, 0.25) is 0 Å². The molecule has 17 heavy (non-hydrogen) atoms. The largest absolute Gasteiger partial charge is 0.382 e. The molecular weight excluding hydrogens is 212 g/mol. The molecule has 0 aliphatic carbocycles.